The molecule has 0 saturated heterocycles. The van der Waals surface area contributed by atoms with Gasteiger partial charge in [0.25, 0.3) is 5.91 Å². The predicted molar refractivity (Wildman–Crippen MR) is 117 cm³/mol. The molecule has 156 valence electrons. The van der Waals surface area contributed by atoms with E-state index in [4.69, 9.17) is 5.26 Å². The largest absolute Gasteiger partial charge is 0.352 e. The lowest BCUT2D eigenvalue weighted by Gasteiger charge is -2.17. The molecule has 5 rings (SSSR count). The van der Waals surface area contributed by atoms with Crippen LogP contribution in [0.5, 0.6) is 0 Å². The van der Waals surface area contributed by atoms with Gasteiger partial charge in [-0.05, 0) is 42.0 Å². The molecule has 1 N–H and O–H groups in total. The van der Waals surface area contributed by atoms with E-state index in [0.29, 0.717) is 30.6 Å². The van der Waals surface area contributed by atoms with Crippen molar-refractivity contribution in [1.29, 1.82) is 5.26 Å². The molecule has 7 heteroatoms. The van der Waals surface area contributed by atoms with Crippen LogP contribution in [0.1, 0.15) is 27.3 Å². The Kier molecular flexibility index (Phi) is 4.96. The molecule has 3 aromatic heterocycles. The van der Waals surface area contributed by atoms with Crippen LogP contribution in [0.15, 0.2) is 67.1 Å². The highest BCUT2D eigenvalue weighted by Gasteiger charge is 2.31. The fourth-order valence-corrected chi connectivity index (χ4v) is 4.18. The van der Waals surface area contributed by atoms with Crippen LogP contribution in [0.4, 0.5) is 4.39 Å². The van der Waals surface area contributed by atoms with Crippen LogP contribution in [0.25, 0.3) is 22.4 Å². The Bertz CT molecular complexity index is 1340. The first-order valence-corrected chi connectivity index (χ1v) is 10.2. The van der Waals surface area contributed by atoms with Crippen LogP contribution >= 0.6 is 0 Å². The quantitative estimate of drug-likeness (QED) is 0.539. The molecular weight excluding hydrogens is 405 g/mol. The second-order valence-corrected chi connectivity index (χ2v) is 7.53. The third-order valence-corrected chi connectivity index (χ3v) is 5.61. The molecule has 4 aromatic rings. The van der Waals surface area contributed by atoms with Gasteiger partial charge in [-0.25, -0.2) is 4.39 Å². The number of amides is 1. The Morgan fingerprint density at radius 2 is 1.81 bits per heavy atom. The summed E-state index contributed by atoms with van der Waals surface area (Å²) < 4.78 is 15.8. The highest BCUT2D eigenvalue weighted by molar-refractivity contribution is 6.07. The van der Waals surface area contributed by atoms with Gasteiger partial charge in [-0.1, -0.05) is 12.1 Å². The van der Waals surface area contributed by atoms with E-state index in [2.05, 4.69) is 25.9 Å². The molecular formula is C25H18FN5O. The first-order valence-electron chi connectivity index (χ1n) is 10.2. The van der Waals surface area contributed by atoms with Crippen molar-refractivity contribution in [3.8, 4) is 28.5 Å². The third-order valence-electron chi connectivity index (χ3n) is 5.61. The Morgan fingerprint density at radius 1 is 1.03 bits per heavy atom. The summed E-state index contributed by atoms with van der Waals surface area (Å²) in [5.74, 6) is -0.480. The van der Waals surface area contributed by atoms with Gasteiger partial charge >= 0.3 is 0 Å². The van der Waals surface area contributed by atoms with Crippen molar-refractivity contribution in [2.45, 2.75) is 13.0 Å². The molecule has 1 amide bonds. The molecule has 0 saturated carbocycles. The van der Waals surface area contributed by atoms with E-state index in [1.54, 1.807) is 36.8 Å². The molecule has 4 heterocycles. The number of carbonyl (C=O) groups excluding carboxylic acids is 1. The molecule has 6 nitrogen and oxygen atoms in total. The molecule has 1 aliphatic rings. The number of halogens is 1. The van der Waals surface area contributed by atoms with Gasteiger partial charge in [-0.15, -0.1) is 0 Å². The summed E-state index contributed by atoms with van der Waals surface area (Å²) in [6.45, 7) is 0.968. The second kappa shape index (κ2) is 8.08. The standard InChI is InChI=1S/C25H18FN5O/c26-19-4-2-17(3-5-19)22-23-21(9-12-29-25(23)32)31(24(22)18-7-10-28-11-8-18)15-20-6-1-16(13-27)14-30-20/h1-8,10-11,14H,9,12,15H2,(H,29,32). The summed E-state index contributed by atoms with van der Waals surface area (Å²) in [5, 5.41) is 12.0. The number of nitriles is 1. The summed E-state index contributed by atoms with van der Waals surface area (Å²) in [4.78, 5) is 21.6. The molecule has 0 fully saturated rings. The zero-order chi connectivity index (χ0) is 22.1. The van der Waals surface area contributed by atoms with Gasteiger partial charge < -0.3 is 9.88 Å². The van der Waals surface area contributed by atoms with E-state index in [0.717, 1.165) is 33.8 Å². The number of hydrogen-bond donors (Lipinski definition) is 1. The number of carbonyl (C=O) groups is 1. The average molecular weight is 423 g/mol. The van der Waals surface area contributed by atoms with Crippen molar-refractivity contribution in [2.24, 2.45) is 0 Å². The summed E-state index contributed by atoms with van der Waals surface area (Å²) in [6.07, 6.45) is 5.63. The van der Waals surface area contributed by atoms with Crippen molar-refractivity contribution in [1.82, 2.24) is 19.9 Å². The highest BCUT2D eigenvalue weighted by Crippen LogP contribution is 2.40. The minimum Gasteiger partial charge on any atom is -0.352 e. The SMILES string of the molecule is N#Cc1ccc(Cn2c3c(c(-c4ccc(F)cc4)c2-c2ccncc2)C(=O)NCC3)nc1. The Hall–Kier alpha value is -4.31. The van der Waals surface area contributed by atoms with E-state index < -0.39 is 0 Å². The van der Waals surface area contributed by atoms with E-state index in [1.807, 2.05) is 18.2 Å². The smallest absolute Gasteiger partial charge is 0.253 e. The van der Waals surface area contributed by atoms with Gasteiger partial charge in [0.05, 0.1) is 29.1 Å². The van der Waals surface area contributed by atoms with Crippen LogP contribution in [-0.2, 0) is 13.0 Å². The fraction of sp³-hybridized carbons (Fsp3) is 0.120. The molecule has 0 radical (unpaired) electrons. The number of nitrogens with one attached hydrogen (secondary N) is 1. The van der Waals surface area contributed by atoms with Gasteiger partial charge in [0.1, 0.15) is 11.9 Å². The van der Waals surface area contributed by atoms with Crippen LogP contribution in [-0.4, -0.2) is 27.0 Å². The number of hydrogen-bond acceptors (Lipinski definition) is 4. The normalized spacial score (nSPS) is 12.7. The van der Waals surface area contributed by atoms with Gasteiger partial charge in [0, 0.05) is 48.4 Å². The summed E-state index contributed by atoms with van der Waals surface area (Å²) in [5.41, 5.74) is 6.05. The zero-order valence-electron chi connectivity index (χ0n) is 17.0. The molecule has 0 aliphatic carbocycles. The molecule has 0 atom stereocenters. The van der Waals surface area contributed by atoms with Crippen LogP contribution in [0, 0.1) is 17.1 Å². The van der Waals surface area contributed by atoms with Gasteiger partial charge in [0.2, 0.25) is 0 Å². The van der Waals surface area contributed by atoms with Crippen molar-refractivity contribution >= 4 is 5.91 Å². The number of rotatable bonds is 4. The maximum Gasteiger partial charge on any atom is 0.253 e. The second-order valence-electron chi connectivity index (χ2n) is 7.53. The molecule has 0 bridgehead atoms. The van der Waals surface area contributed by atoms with Crippen molar-refractivity contribution in [2.75, 3.05) is 6.54 Å². The van der Waals surface area contributed by atoms with Crippen LogP contribution in [0.2, 0.25) is 0 Å². The molecule has 1 aliphatic heterocycles. The maximum absolute atomic E-state index is 13.7. The van der Waals surface area contributed by atoms with E-state index in [9.17, 15) is 9.18 Å². The van der Waals surface area contributed by atoms with Gasteiger partial charge in [0.15, 0.2) is 0 Å². The van der Waals surface area contributed by atoms with E-state index in [-0.39, 0.29) is 11.7 Å². The number of nitrogens with zero attached hydrogens (tertiary/aromatic N) is 4. The topological polar surface area (TPSA) is 83.6 Å². The van der Waals surface area contributed by atoms with Crippen LogP contribution in [0.3, 0.4) is 0 Å². The molecule has 32 heavy (non-hydrogen) atoms. The molecule has 0 spiro atoms. The van der Waals surface area contributed by atoms with E-state index in [1.165, 1.54) is 12.1 Å². The zero-order valence-corrected chi connectivity index (χ0v) is 17.0. The van der Waals surface area contributed by atoms with Crippen molar-refractivity contribution in [3.63, 3.8) is 0 Å². The lowest BCUT2D eigenvalue weighted by Crippen LogP contribution is -2.32. The first kappa shape index (κ1) is 19.6. The average Bonchev–Trinajstić information content (AvgIpc) is 3.16. The lowest BCUT2D eigenvalue weighted by atomic mass is 9.95. The summed E-state index contributed by atoms with van der Waals surface area (Å²) in [6, 6.07) is 15.6. The van der Waals surface area contributed by atoms with Gasteiger partial charge in [-0.2, -0.15) is 5.26 Å². The predicted octanol–water partition coefficient (Wildman–Crippen LogP) is 3.96. The van der Waals surface area contributed by atoms with Crippen molar-refractivity contribution in [3.05, 3.63) is 95.5 Å². The molecule has 0 unspecified atom stereocenters. The number of aromatic nitrogens is 3. The van der Waals surface area contributed by atoms with E-state index >= 15 is 0 Å². The fourth-order valence-electron chi connectivity index (χ4n) is 4.18. The van der Waals surface area contributed by atoms with Crippen molar-refractivity contribution < 1.29 is 9.18 Å². The number of fused-ring (bicyclic) bond motifs is 1. The number of benzene rings is 1. The van der Waals surface area contributed by atoms with Crippen LogP contribution < -0.4 is 5.32 Å². The highest BCUT2D eigenvalue weighted by atomic mass is 19.1. The third kappa shape index (κ3) is 3.42. The first-order chi connectivity index (χ1) is 15.7. The Labute approximate surface area is 184 Å². The molecule has 1 aromatic carbocycles. The summed E-state index contributed by atoms with van der Waals surface area (Å²) >= 11 is 0. The monoisotopic (exact) mass is 423 g/mol. The number of pyridine rings is 2. The minimum absolute atomic E-state index is 0.146. The summed E-state index contributed by atoms with van der Waals surface area (Å²) in [7, 11) is 0. The van der Waals surface area contributed by atoms with Gasteiger partial charge in [-0.3, -0.25) is 14.8 Å². The minimum atomic E-state index is -0.334. The Morgan fingerprint density at radius 3 is 2.50 bits per heavy atom. The lowest BCUT2D eigenvalue weighted by molar-refractivity contribution is 0.0946. The Balaban J connectivity index is 1.78. The maximum atomic E-state index is 13.7.